The second-order valence-corrected chi connectivity index (χ2v) is 8.32. The van der Waals surface area contributed by atoms with Crippen molar-refractivity contribution < 1.29 is 4.79 Å². The van der Waals surface area contributed by atoms with E-state index >= 15 is 0 Å². The summed E-state index contributed by atoms with van der Waals surface area (Å²) in [7, 11) is 0. The van der Waals surface area contributed by atoms with Gasteiger partial charge in [-0.1, -0.05) is 6.07 Å². The number of carbonyl (C=O) groups is 1. The van der Waals surface area contributed by atoms with Crippen molar-refractivity contribution in [1.29, 1.82) is 0 Å². The van der Waals surface area contributed by atoms with E-state index in [4.69, 9.17) is 0 Å². The molecule has 2 fully saturated rings. The van der Waals surface area contributed by atoms with Crippen LogP contribution in [0, 0.1) is 5.92 Å². The maximum Gasteiger partial charge on any atom is 0.315 e. The molecule has 1 aromatic rings. The second-order valence-electron chi connectivity index (χ2n) is 6.14. The summed E-state index contributed by atoms with van der Waals surface area (Å²) >= 11 is 3.76. The summed E-state index contributed by atoms with van der Waals surface area (Å²) in [5.41, 5.74) is 0. The first-order chi connectivity index (χ1) is 10.8. The van der Waals surface area contributed by atoms with Crippen molar-refractivity contribution in [3.05, 3.63) is 22.4 Å². The Hall–Kier alpha value is -0.720. The lowest BCUT2D eigenvalue weighted by molar-refractivity contribution is 0.143. The molecule has 22 heavy (non-hydrogen) atoms. The van der Waals surface area contributed by atoms with Crippen molar-refractivity contribution in [2.24, 2.45) is 5.92 Å². The highest BCUT2D eigenvalue weighted by molar-refractivity contribution is 7.99. The lowest BCUT2D eigenvalue weighted by Crippen LogP contribution is -2.44. The molecule has 0 aromatic carbocycles. The minimum atomic E-state index is -0.0389. The number of hydrogen-bond acceptors (Lipinski definition) is 4. The fraction of sp³-hybridized carbons (Fsp3) is 0.688. The first kappa shape index (κ1) is 16.1. The first-order valence-corrected chi connectivity index (χ1v) is 10.2. The number of carbonyl (C=O) groups excluding carboxylic acids is 1. The Morgan fingerprint density at radius 1 is 1.27 bits per heavy atom. The molecule has 2 aliphatic rings. The van der Waals surface area contributed by atoms with Gasteiger partial charge >= 0.3 is 6.03 Å². The molecular weight excluding hydrogens is 314 g/mol. The van der Waals surface area contributed by atoms with E-state index in [0.717, 1.165) is 12.6 Å². The number of piperidine rings is 1. The van der Waals surface area contributed by atoms with Crippen molar-refractivity contribution >= 4 is 29.1 Å². The van der Waals surface area contributed by atoms with Gasteiger partial charge in [-0.05, 0) is 55.5 Å². The molecule has 2 aliphatic heterocycles. The number of nitrogens with one attached hydrogen (secondary N) is 2. The van der Waals surface area contributed by atoms with Gasteiger partial charge in [0.15, 0.2) is 0 Å². The number of thioether (sulfide) groups is 1. The summed E-state index contributed by atoms with van der Waals surface area (Å²) < 4.78 is 0. The van der Waals surface area contributed by atoms with E-state index in [-0.39, 0.29) is 6.03 Å². The summed E-state index contributed by atoms with van der Waals surface area (Å²) in [6.07, 6.45) is 3.79. The number of rotatable bonds is 5. The summed E-state index contributed by atoms with van der Waals surface area (Å²) in [4.78, 5) is 15.7. The van der Waals surface area contributed by atoms with E-state index in [2.05, 4.69) is 27.3 Å². The third kappa shape index (κ3) is 4.64. The quantitative estimate of drug-likeness (QED) is 0.867. The Balaban J connectivity index is 1.30. The fourth-order valence-corrected chi connectivity index (χ4v) is 5.11. The number of thiophene rings is 1. The van der Waals surface area contributed by atoms with Gasteiger partial charge in [0.2, 0.25) is 0 Å². The molecule has 0 saturated carbocycles. The lowest BCUT2D eigenvalue weighted by atomic mass is 9.95. The minimum absolute atomic E-state index is 0.0389. The van der Waals surface area contributed by atoms with Crippen LogP contribution in [0.2, 0.25) is 0 Å². The molecule has 6 heteroatoms. The van der Waals surface area contributed by atoms with E-state index in [1.54, 1.807) is 11.3 Å². The number of likely N-dealkylation sites (tertiary alicyclic amines) is 1. The summed E-state index contributed by atoms with van der Waals surface area (Å²) in [5, 5.41) is 7.99. The molecule has 0 aliphatic carbocycles. The zero-order valence-electron chi connectivity index (χ0n) is 12.9. The van der Waals surface area contributed by atoms with Crippen molar-refractivity contribution in [3.63, 3.8) is 0 Å². The molecule has 0 bridgehead atoms. The molecule has 0 radical (unpaired) electrons. The van der Waals surface area contributed by atoms with Gasteiger partial charge in [-0.2, -0.15) is 11.8 Å². The van der Waals surface area contributed by atoms with Gasteiger partial charge in [0.25, 0.3) is 0 Å². The van der Waals surface area contributed by atoms with Crippen molar-refractivity contribution in [3.8, 4) is 0 Å². The maximum absolute atomic E-state index is 11.8. The van der Waals surface area contributed by atoms with Crippen LogP contribution in [0.25, 0.3) is 0 Å². The van der Waals surface area contributed by atoms with E-state index in [1.807, 2.05) is 17.5 Å². The largest absolute Gasteiger partial charge is 0.338 e. The molecule has 3 heterocycles. The Labute approximate surface area is 141 Å². The number of hydrogen-bond donors (Lipinski definition) is 2. The Morgan fingerprint density at radius 3 is 2.82 bits per heavy atom. The molecule has 4 nitrogen and oxygen atoms in total. The fourth-order valence-electron chi connectivity index (χ4n) is 3.21. The smallest absolute Gasteiger partial charge is 0.315 e. The number of amides is 2. The molecular formula is C16H25N3OS2. The minimum Gasteiger partial charge on any atom is -0.338 e. The van der Waals surface area contributed by atoms with Gasteiger partial charge in [-0.3, -0.25) is 4.90 Å². The van der Waals surface area contributed by atoms with Crippen LogP contribution in [-0.2, 0) is 6.54 Å². The van der Waals surface area contributed by atoms with E-state index in [0.29, 0.717) is 12.5 Å². The molecule has 0 unspecified atom stereocenters. The van der Waals surface area contributed by atoms with Crippen LogP contribution in [0.1, 0.15) is 24.1 Å². The zero-order chi connectivity index (χ0) is 15.2. The molecule has 122 valence electrons. The predicted octanol–water partition coefficient (Wildman–Crippen LogP) is 2.76. The Bertz CT molecular complexity index is 452. The lowest BCUT2D eigenvalue weighted by Gasteiger charge is -2.35. The molecule has 3 rings (SSSR count). The molecule has 2 amide bonds. The predicted molar refractivity (Wildman–Crippen MR) is 94.6 cm³/mol. The zero-order valence-corrected chi connectivity index (χ0v) is 14.6. The highest BCUT2D eigenvalue weighted by Crippen LogP contribution is 2.26. The van der Waals surface area contributed by atoms with Crippen molar-refractivity contribution in [1.82, 2.24) is 15.5 Å². The van der Waals surface area contributed by atoms with Gasteiger partial charge in [-0.15, -0.1) is 11.3 Å². The molecule has 2 saturated heterocycles. The topological polar surface area (TPSA) is 44.4 Å². The van der Waals surface area contributed by atoms with Crippen LogP contribution in [0.4, 0.5) is 4.79 Å². The van der Waals surface area contributed by atoms with Crippen molar-refractivity contribution in [2.45, 2.75) is 31.8 Å². The standard InChI is InChI=1S/C16H25N3OS2/c20-16(18-11-15-2-1-8-22-15)17-10-13-3-6-19(7-4-13)14-5-9-21-12-14/h1-2,8,13-14H,3-7,9-12H2,(H2,17,18,20)/t14-/m0/s1. The number of nitrogens with zero attached hydrogens (tertiary/aromatic N) is 1. The molecule has 2 N–H and O–H groups in total. The van der Waals surface area contributed by atoms with Crippen LogP contribution in [0.5, 0.6) is 0 Å². The second kappa shape index (κ2) is 8.22. The van der Waals surface area contributed by atoms with Crippen molar-refractivity contribution in [2.75, 3.05) is 31.1 Å². The average molecular weight is 340 g/mol. The Kier molecular flexibility index (Phi) is 6.04. The normalized spacial score (nSPS) is 23.5. The average Bonchev–Trinajstić information content (AvgIpc) is 3.24. The van der Waals surface area contributed by atoms with E-state index < -0.39 is 0 Å². The summed E-state index contributed by atoms with van der Waals surface area (Å²) in [5.74, 6) is 3.28. The first-order valence-electron chi connectivity index (χ1n) is 8.17. The van der Waals surface area contributed by atoms with Gasteiger partial charge in [-0.25, -0.2) is 4.79 Å². The van der Waals surface area contributed by atoms with Crippen LogP contribution >= 0.6 is 23.1 Å². The Morgan fingerprint density at radius 2 is 2.14 bits per heavy atom. The highest BCUT2D eigenvalue weighted by atomic mass is 32.2. The SMILES string of the molecule is O=C(NCc1cccs1)NCC1CCN([C@H]2CCSC2)CC1. The monoisotopic (exact) mass is 339 g/mol. The van der Waals surface area contributed by atoms with Gasteiger partial charge < -0.3 is 10.6 Å². The van der Waals surface area contributed by atoms with E-state index in [1.165, 1.54) is 48.7 Å². The third-order valence-corrected chi connectivity index (χ3v) is 6.65. The molecule has 1 aromatic heterocycles. The maximum atomic E-state index is 11.8. The molecule has 0 spiro atoms. The van der Waals surface area contributed by atoms with Gasteiger partial charge in [0, 0.05) is 23.2 Å². The summed E-state index contributed by atoms with van der Waals surface area (Å²) in [6.45, 7) is 3.84. The van der Waals surface area contributed by atoms with E-state index in [9.17, 15) is 4.79 Å². The third-order valence-electron chi connectivity index (χ3n) is 4.63. The summed E-state index contributed by atoms with van der Waals surface area (Å²) in [6, 6.07) is 4.83. The van der Waals surface area contributed by atoms with Gasteiger partial charge in [0.1, 0.15) is 0 Å². The number of urea groups is 1. The van der Waals surface area contributed by atoms with Crippen LogP contribution in [0.3, 0.4) is 0 Å². The van der Waals surface area contributed by atoms with Crippen LogP contribution in [0.15, 0.2) is 17.5 Å². The van der Waals surface area contributed by atoms with Crippen LogP contribution in [-0.4, -0.2) is 48.1 Å². The van der Waals surface area contributed by atoms with Crippen LogP contribution < -0.4 is 10.6 Å². The van der Waals surface area contributed by atoms with Gasteiger partial charge in [0.05, 0.1) is 6.54 Å². The molecule has 1 atom stereocenters. The highest BCUT2D eigenvalue weighted by Gasteiger charge is 2.27.